The molecule has 0 saturated heterocycles. The topological polar surface area (TPSA) is 12.5 Å². The largest absolute Gasteiger partial charge is 0.497 e. The van der Waals surface area contributed by atoms with Crippen LogP contribution in [0.2, 0.25) is 0 Å². The van der Waals surface area contributed by atoms with Crippen molar-refractivity contribution in [3.63, 3.8) is 0 Å². The van der Waals surface area contributed by atoms with E-state index in [9.17, 15) is 0 Å². The zero-order valence-electron chi connectivity index (χ0n) is 13.7. The molecular weight excluding hydrogens is 258 g/mol. The Labute approximate surface area is 128 Å². The molecule has 2 nitrogen and oxygen atoms in total. The van der Waals surface area contributed by atoms with Crippen LogP contribution in [0.25, 0.3) is 0 Å². The SMILES string of the molecule is CC[C@@]12CC=CCC(Cc3ccc(OC)cc31)[C@@H]2N(C)C. The highest BCUT2D eigenvalue weighted by Gasteiger charge is 2.48. The molecule has 0 N–H and O–H groups in total. The first-order valence-electron chi connectivity index (χ1n) is 8.11. The molecule has 114 valence electrons. The van der Waals surface area contributed by atoms with Gasteiger partial charge in [-0.15, -0.1) is 0 Å². The Hall–Kier alpha value is -1.28. The van der Waals surface area contributed by atoms with Crippen molar-refractivity contribution in [3.8, 4) is 5.75 Å². The van der Waals surface area contributed by atoms with Crippen molar-refractivity contribution in [2.45, 2.75) is 44.1 Å². The van der Waals surface area contributed by atoms with Crippen LogP contribution in [0, 0.1) is 5.92 Å². The lowest BCUT2D eigenvalue weighted by atomic mass is 9.60. The van der Waals surface area contributed by atoms with Crippen LogP contribution in [0.4, 0.5) is 0 Å². The van der Waals surface area contributed by atoms with Crippen molar-refractivity contribution < 1.29 is 4.74 Å². The summed E-state index contributed by atoms with van der Waals surface area (Å²) in [4.78, 5) is 2.46. The van der Waals surface area contributed by atoms with Gasteiger partial charge >= 0.3 is 0 Å². The molecule has 0 spiro atoms. The van der Waals surface area contributed by atoms with Gasteiger partial charge in [0.1, 0.15) is 5.75 Å². The van der Waals surface area contributed by atoms with Gasteiger partial charge in [0.2, 0.25) is 0 Å². The van der Waals surface area contributed by atoms with Gasteiger partial charge in [0.15, 0.2) is 0 Å². The van der Waals surface area contributed by atoms with Crippen LogP contribution in [0.1, 0.15) is 37.3 Å². The molecule has 3 rings (SSSR count). The number of ether oxygens (including phenoxy) is 1. The first-order chi connectivity index (χ1) is 10.1. The minimum Gasteiger partial charge on any atom is -0.497 e. The number of hydrogen-bond donors (Lipinski definition) is 0. The summed E-state index contributed by atoms with van der Waals surface area (Å²) in [7, 11) is 6.26. The van der Waals surface area contributed by atoms with E-state index in [1.54, 1.807) is 7.11 Å². The fourth-order valence-corrected chi connectivity index (χ4v) is 4.80. The van der Waals surface area contributed by atoms with Crippen LogP contribution >= 0.6 is 0 Å². The molecule has 0 heterocycles. The van der Waals surface area contributed by atoms with Crippen molar-refractivity contribution in [1.29, 1.82) is 0 Å². The van der Waals surface area contributed by atoms with E-state index < -0.39 is 0 Å². The van der Waals surface area contributed by atoms with E-state index in [0.717, 1.165) is 18.1 Å². The lowest BCUT2D eigenvalue weighted by Gasteiger charge is -2.51. The molecule has 0 saturated carbocycles. The summed E-state index contributed by atoms with van der Waals surface area (Å²) in [6.07, 6.45) is 9.53. The third-order valence-electron chi connectivity index (χ3n) is 5.62. The Morgan fingerprint density at radius 2 is 2.10 bits per heavy atom. The summed E-state index contributed by atoms with van der Waals surface area (Å²) in [6, 6.07) is 7.32. The molecule has 3 atom stereocenters. The van der Waals surface area contributed by atoms with Gasteiger partial charge in [-0.25, -0.2) is 0 Å². The predicted octanol–water partition coefficient (Wildman–Crippen LogP) is 3.80. The van der Waals surface area contributed by atoms with Gasteiger partial charge in [-0.2, -0.15) is 0 Å². The summed E-state index contributed by atoms with van der Waals surface area (Å²) >= 11 is 0. The Morgan fingerprint density at radius 3 is 2.76 bits per heavy atom. The molecule has 1 unspecified atom stereocenters. The zero-order chi connectivity index (χ0) is 15.0. The minimum absolute atomic E-state index is 0.225. The summed E-state index contributed by atoms with van der Waals surface area (Å²) < 4.78 is 5.50. The maximum atomic E-state index is 5.50. The van der Waals surface area contributed by atoms with E-state index >= 15 is 0 Å². The maximum absolute atomic E-state index is 5.50. The summed E-state index contributed by atoms with van der Waals surface area (Å²) in [5, 5.41) is 0. The van der Waals surface area contributed by atoms with Crippen molar-refractivity contribution >= 4 is 0 Å². The van der Waals surface area contributed by atoms with E-state index in [2.05, 4.69) is 56.3 Å². The third-order valence-corrected chi connectivity index (χ3v) is 5.62. The number of benzene rings is 1. The van der Waals surface area contributed by atoms with Gasteiger partial charge in [-0.05, 0) is 69.0 Å². The van der Waals surface area contributed by atoms with Crippen molar-refractivity contribution in [2.24, 2.45) is 5.92 Å². The molecule has 0 fully saturated rings. The van der Waals surface area contributed by atoms with E-state index in [1.807, 2.05) is 0 Å². The van der Waals surface area contributed by atoms with Gasteiger partial charge in [0, 0.05) is 11.5 Å². The number of hydrogen-bond acceptors (Lipinski definition) is 2. The van der Waals surface area contributed by atoms with Crippen molar-refractivity contribution in [3.05, 3.63) is 41.5 Å². The monoisotopic (exact) mass is 285 g/mol. The molecule has 2 bridgehead atoms. The van der Waals surface area contributed by atoms with Gasteiger partial charge < -0.3 is 9.64 Å². The summed E-state index contributed by atoms with van der Waals surface area (Å²) in [5.74, 6) is 1.71. The highest BCUT2D eigenvalue weighted by Crippen LogP contribution is 2.50. The number of fused-ring (bicyclic) bond motifs is 4. The molecule has 2 aliphatic rings. The quantitative estimate of drug-likeness (QED) is 0.783. The lowest BCUT2D eigenvalue weighted by Crippen LogP contribution is -2.54. The number of rotatable bonds is 3. The van der Waals surface area contributed by atoms with Crippen LogP contribution < -0.4 is 4.74 Å². The second kappa shape index (κ2) is 5.49. The molecule has 2 heteroatoms. The number of methoxy groups -OCH3 is 1. The second-order valence-electron chi connectivity index (χ2n) is 6.82. The van der Waals surface area contributed by atoms with Crippen molar-refractivity contribution in [2.75, 3.05) is 21.2 Å². The van der Waals surface area contributed by atoms with Crippen LogP contribution in [0.3, 0.4) is 0 Å². The highest BCUT2D eigenvalue weighted by molar-refractivity contribution is 5.46. The second-order valence-corrected chi connectivity index (χ2v) is 6.82. The molecule has 0 amide bonds. The molecule has 1 aromatic rings. The van der Waals surface area contributed by atoms with Crippen LogP contribution in [0.5, 0.6) is 5.75 Å². The maximum Gasteiger partial charge on any atom is 0.119 e. The predicted molar refractivity (Wildman–Crippen MR) is 88.0 cm³/mol. The smallest absolute Gasteiger partial charge is 0.119 e. The molecule has 0 aromatic heterocycles. The van der Waals surface area contributed by atoms with Crippen LogP contribution in [-0.4, -0.2) is 32.1 Å². The van der Waals surface area contributed by atoms with Gasteiger partial charge in [0.25, 0.3) is 0 Å². The van der Waals surface area contributed by atoms with E-state index in [1.165, 1.54) is 30.4 Å². The Kier molecular flexibility index (Phi) is 3.83. The summed E-state index contributed by atoms with van der Waals surface area (Å²) in [6.45, 7) is 2.35. The van der Waals surface area contributed by atoms with E-state index in [4.69, 9.17) is 4.74 Å². The molecular formula is C19H27NO. The number of nitrogens with zero attached hydrogens (tertiary/aromatic N) is 1. The lowest BCUT2D eigenvalue weighted by molar-refractivity contribution is 0.0977. The number of likely N-dealkylation sites (N-methyl/N-ethyl adjacent to an activating group) is 1. The van der Waals surface area contributed by atoms with Gasteiger partial charge in [-0.1, -0.05) is 25.1 Å². The normalized spacial score (nSPS) is 30.9. The zero-order valence-corrected chi connectivity index (χ0v) is 13.7. The first kappa shape index (κ1) is 14.6. The van der Waals surface area contributed by atoms with E-state index in [-0.39, 0.29) is 5.41 Å². The first-order valence-corrected chi connectivity index (χ1v) is 8.11. The standard InChI is InChI=1S/C19H27NO/c1-5-19-11-7-6-8-15(18(19)20(2)3)12-14-9-10-16(21-4)13-17(14)19/h6-7,9-10,13,15,18H,5,8,11-12H2,1-4H3/t15?,18-,19+/m0/s1. The minimum atomic E-state index is 0.225. The Balaban J connectivity index is 2.20. The molecule has 21 heavy (non-hydrogen) atoms. The van der Waals surface area contributed by atoms with Crippen molar-refractivity contribution in [1.82, 2.24) is 4.90 Å². The highest BCUT2D eigenvalue weighted by atomic mass is 16.5. The van der Waals surface area contributed by atoms with Gasteiger partial charge in [0.05, 0.1) is 7.11 Å². The van der Waals surface area contributed by atoms with E-state index in [0.29, 0.717) is 6.04 Å². The fraction of sp³-hybridized carbons (Fsp3) is 0.579. The Bertz CT molecular complexity index is 548. The van der Waals surface area contributed by atoms with Crippen LogP contribution in [-0.2, 0) is 11.8 Å². The average molecular weight is 285 g/mol. The molecule has 2 aliphatic carbocycles. The molecule has 1 aromatic carbocycles. The van der Waals surface area contributed by atoms with Gasteiger partial charge in [-0.3, -0.25) is 0 Å². The number of allylic oxidation sites excluding steroid dienone is 2. The third kappa shape index (κ3) is 2.20. The summed E-state index contributed by atoms with van der Waals surface area (Å²) in [5.41, 5.74) is 3.28. The average Bonchev–Trinajstić information content (AvgIpc) is 2.63. The Morgan fingerprint density at radius 1 is 1.29 bits per heavy atom. The molecule has 0 aliphatic heterocycles. The fourth-order valence-electron chi connectivity index (χ4n) is 4.80. The van der Waals surface area contributed by atoms with Crippen LogP contribution in [0.15, 0.2) is 30.4 Å². The molecule has 0 radical (unpaired) electrons.